The first-order valence-corrected chi connectivity index (χ1v) is 7.75. The first kappa shape index (κ1) is 13.5. The van der Waals surface area contributed by atoms with Crippen LogP contribution in [0.3, 0.4) is 0 Å². The summed E-state index contributed by atoms with van der Waals surface area (Å²) in [6.07, 6.45) is 3.96. The summed E-state index contributed by atoms with van der Waals surface area (Å²) in [5.74, 6) is 0. The van der Waals surface area contributed by atoms with E-state index in [1.54, 1.807) is 0 Å². The van der Waals surface area contributed by atoms with Crippen molar-refractivity contribution in [2.75, 3.05) is 32.0 Å². The largest absolute Gasteiger partial charge is 0.379 e. The molecule has 2 aromatic rings. The highest BCUT2D eigenvalue weighted by Crippen LogP contribution is 2.28. The van der Waals surface area contributed by atoms with Gasteiger partial charge < -0.3 is 10.2 Å². The molecule has 2 aliphatic heterocycles. The summed E-state index contributed by atoms with van der Waals surface area (Å²) in [5, 5.41) is 4.86. The molecule has 4 heteroatoms. The van der Waals surface area contributed by atoms with Crippen molar-refractivity contribution in [1.82, 2.24) is 9.88 Å². The van der Waals surface area contributed by atoms with Crippen LogP contribution in [-0.4, -0.2) is 48.8 Å². The van der Waals surface area contributed by atoms with Crippen molar-refractivity contribution in [3.05, 3.63) is 41.6 Å². The maximum Gasteiger partial charge on any atom is 0.0732 e. The fourth-order valence-electron chi connectivity index (χ4n) is 3.22. The average Bonchev–Trinajstić information content (AvgIpc) is 2.99. The van der Waals surface area contributed by atoms with Gasteiger partial charge in [-0.25, -0.2) is 0 Å². The smallest absolute Gasteiger partial charge is 0.0732 e. The number of hydrogen-bond donors (Lipinski definition) is 1. The Balaban J connectivity index is 1.71. The van der Waals surface area contributed by atoms with Crippen LogP contribution in [0, 0.1) is 6.92 Å². The summed E-state index contributed by atoms with van der Waals surface area (Å²) in [6, 6.07) is 9.23. The number of hydrogen-bond acceptors (Lipinski definition) is 4. The van der Waals surface area contributed by atoms with Crippen LogP contribution < -0.4 is 5.32 Å². The van der Waals surface area contributed by atoms with Gasteiger partial charge in [0.1, 0.15) is 0 Å². The van der Waals surface area contributed by atoms with Gasteiger partial charge in [0.25, 0.3) is 0 Å². The van der Waals surface area contributed by atoms with Crippen molar-refractivity contribution in [3.8, 4) is 0 Å². The van der Waals surface area contributed by atoms with E-state index in [2.05, 4.69) is 59.5 Å². The summed E-state index contributed by atoms with van der Waals surface area (Å²) in [6.45, 7) is 5.04. The van der Waals surface area contributed by atoms with Gasteiger partial charge in [0.05, 0.1) is 18.1 Å². The molecule has 112 valence electrons. The van der Waals surface area contributed by atoms with E-state index in [0.29, 0.717) is 6.04 Å². The first-order chi connectivity index (χ1) is 10.7. The fourth-order valence-corrected chi connectivity index (χ4v) is 3.22. The number of benzene rings is 1. The number of anilines is 1. The maximum absolute atomic E-state index is 4.72. The number of aromatic nitrogens is 1. The second-order valence-corrected chi connectivity index (χ2v) is 6.29. The van der Waals surface area contributed by atoms with Crippen molar-refractivity contribution < 1.29 is 0 Å². The van der Waals surface area contributed by atoms with Crippen LogP contribution in [0.1, 0.15) is 11.3 Å². The van der Waals surface area contributed by atoms with Crippen molar-refractivity contribution in [2.45, 2.75) is 13.0 Å². The van der Waals surface area contributed by atoms with Gasteiger partial charge in [-0.05, 0) is 43.3 Å². The van der Waals surface area contributed by atoms with Crippen LogP contribution in [0.15, 0.2) is 35.3 Å². The Morgan fingerprint density at radius 1 is 1.23 bits per heavy atom. The van der Waals surface area contributed by atoms with Gasteiger partial charge in [-0.1, -0.05) is 12.1 Å². The highest BCUT2D eigenvalue weighted by Gasteiger charge is 2.23. The van der Waals surface area contributed by atoms with Gasteiger partial charge in [0.15, 0.2) is 0 Å². The molecular formula is C18H20N4. The molecule has 4 nitrogen and oxygen atoms in total. The molecule has 0 unspecified atom stereocenters. The number of aryl methyl sites for hydroxylation is 1. The standard InChI is InChI=1S/C18H20N4/c1-12-7-17(21-15-10-22(2)11-15)16-4-3-13(8-18(16)20-12)14-5-6-19-9-14/h3-8,15H,9-11H2,1-2H3,(H,20,21). The van der Waals surface area contributed by atoms with Gasteiger partial charge in [0.2, 0.25) is 0 Å². The second kappa shape index (κ2) is 5.21. The van der Waals surface area contributed by atoms with Crippen molar-refractivity contribution in [3.63, 3.8) is 0 Å². The summed E-state index contributed by atoms with van der Waals surface area (Å²) in [4.78, 5) is 11.3. The Morgan fingerprint density at radius 2 is 2.09 bits per heavy atom. The molecule has 0 atom stereocenters. The molecule has 1 saturated heterocycles. The minimum Gasteiger partial charge on any atom is -0.379 e. The second-order valence-electron chi connectivity index (χ2n) is 6.29. The Hall–Kier alpha value is -2.20. The van der Waals surface area contributed by atoms with Gasteiger partial charge >= 0.3 is 0 Å². The van der Waals surface area contributed by atoms with Crippen molar-refractivity contribution in [2.24, 2.45) is 4.99 Å². The molecule has 4 rings (SSSR count). The predicted octanol–water partition coefficient (Wildman–Crippen LogP) is 2.74. The zero-order chi connectivity index (χ0) is 15.1. The van der Waals surface area contributed by atoms with E-state index < -0.39 is 0 Å². The Morgan fingerprint density at radius 3 is 2.82 bits per heavy atom. The normalized spacial score (nSPS) is 18.5. The zero-order valence-electron chi connectivity index (χ0n) is 13.0. The molecule has 0 radical (unpaired) electrons. The van der Waals surface area contributed by atoms with Crippen LogP contribution in [0.5, 0.6) is 0 Å². The van der Waals surface area contributed by atoms with Gasteiger partial charge in [-0.2, -0.15) is 0 Å². The number of allylic oxidation sites excluding steroid dienone is 1. The number of rotatable bonds is 3. The van der Waals surface area contributed by atoms with Gasteiger partial charge in [0, 0.05) is 36.1 Å². The number of fused-ring (bicyclic) bond motifs is 1. The topological polar surface area (TPSA) is 40.5 Å². The number of nitrogens with one attached hydrogen (secondary N) is 1. The number of likely N-dealkylation sites (tertiary alicyclic amines) is 1. The molecule has 1 aromatic heterocycles. The lowest BCUT2D eigenvalue weighted by Gasteiger charge is -2.37. The fraction of sp³-hybridized carbons (Fsp3) is 0.333. The third kappa shape index (κ3) is 2.40. The van der Waals surface area contributed by atoms with E-state index in [0.717, 1.165) is 30.8 Å². The lowest BCUT2D eigenvalue weighted by Crippen LogP contribution is -2.52. The summed E-state index contributed by atoms with van der Waals surface area (Å²) >= 11 is 0. The van der Waals surface area contributed by atoms with E-state index in [1.807, 2.05) is 6.21 Å². The zero-order valence-corrected chi connectivity index (χ0v) is 13.0. The highest BCUT2D eigenvalue weighted by atomic mass is 15.2. The summed E-state index contributed by atoms with van der Waals surface area (Å²) in [5.41, 5.74) is 5.79. The first-order valence-electron chi connectivity index (χ1n) is 7.75. The minimum absolute atomic E-state index is 0.542. The molecule has 0 bridgehead atoms. The van der Waals surface area contributed by atoms with Crippen LogP contribution >= 0.6 is 0 Å². The van der Waals surface area contributed by atoms with Crippen LogP contribution in [-0.2, 0) is 0 Å². The highest BCUT2D eigenvalue weighted by molar-refractivity contribution is 5.96. The molecule has 0 spiro atoms. The van der Waals surface area contributed by atoms with Crippen LogP contribution in [0.2, 0.25) is 0 Å². The van der Waals surface area contributed by atoms with Gasteiger partial charge in [-0.3, -0.25) is 9.98 Å². The van der Waals surface area contributed by atoms with E-state index in [4.69, 9.17) is 4.98 Å². The van der Waals surface area contributed by atoms with Crippen LogP contribution in [0.25, 0.3) is 16.5 Å². The molecule has 1 N–H and O–H groups in total. The summed E-state index contributed by atoms with van der Waals surface area (Å²) in [7, 11) is 2.15. The molecule has 0 amide bonds. The predicted molar refractivity (Wildman–Crippen MR) is 92.7 cm³/mol. The quantitative estimate of drug-likeness (QED) is 0.945. The molecule has 2 aliphatic rings. The van der Waals surface area contributed by atoms with Crippen molar-refractivity contribution in [1.29, 1.82) is 0 Å². The average molecular weight is 292 g/mol. The lowest BCUT2D eigenvalue weighted by molar-refractivity contribution is 0.205. The monoisotopic (exact) mass is 292 g/mol. The number of pyridine rings is 1. The number of likely N-dealkylation sites (N-methyl/N-ethyl adjacent to an activating group) is 1. The Labute approximate surface area is 130 Å². The summed E-state index contributed by atoms with van der Waals surface area (Å²) < 4.78 is 0. The van der Waals surface area contributed by atoms with E-state index >= 15 is 0 Å². The third-order valence-corrected chi connectivity index (χ3v) is 4.38. The molecule has 1 aromatic carbocycles. The molecule has 22 heavy (non-hydrogen) atoms. The number of nitrogens with zero attached hydrogens (tertiary/aromatic N) is 3. The van der Waals surface area contributed by atoms with E-state index in [-0.39, 0.29) is 0 Å². The molecular weight excluding hydrogens is 272 g/mol. The van der Waals surface area contributed by atoms with E-state index in [9.17, 15) is 0 Å². The Kier molecular flexibility index (Phi) is 3.19. The molecule has 0 aliphatic carbocycles. The third-order valence-electron chi connectivity index (χ3n) is 4.38. The number of aliphatic imine (C=N–C) groups is 1. The molecule has 0 saturated carbocycles. The lowest BCUT2D eigenvalue weighted by atomic mass is 10.0. The molecule has 1 fully saturated rings. The van der Waals surface area contributed by atoms with Gasteiger partial charge in [-0.15, -0.1) is 0 Å². The maximum atomic E-state index is 4.72. The molecule has 3 heterocycles. The van der Waals surface area contributed by atoms with E-state index in [1.165, 1.54) is 22.2 Å². The SMILES string of the molecule is Cc1cc(NC2CN(C)C2)c2ccc(C3=CC=NC3)cc2n1. The minimum atomic E-state index is 0.542. The Bertz CT molecular complexity index is 785. The van der Waals surface area contributed by atoms with Crippen LogP contribution in [0.4, 0.5) is 5.69 Å². The van der Waals surface area contributed by atoms with Crippen molar-refractivity contribution >= 4 is 28.4 Å².